The molecule has 32 heavy (non-hydrogen) atoms. The highest BCUT2D eigenvalue weighted by Gasteiger charge is 2.55. The zero-order chi connectivity index (χ0) is 22.8. The zero-order valence-corrected chi connectivity index (χ0v) is 17.9. The Morgan fingerprint density at radius 3 is 2.53 bits per heavy atom. The molecule has 3 fully saturated rings. The summed E-state index contributed by atoms with van der Waals surface area (Å²) < 4.78 is 28.7. The van der Waals surface area contributed by atoms with Gasteiger partial charge in [-0.3, -0.25) is 9.59 Å². The summed E-state index contributed by atoms with van der Waals surface area (Å²) in [6, 6.07) is 5.44. The monoisotopic (exact) mass is 467 g/mol. The van der Waals surface area contributed by atoms with Gasteiger partial charge < -0.3 is 29.7 Å². The number of nitrogens with one attached hydrogen (secondary N) is 2. The Morgan fingerprint density at radius 2 is 1.88 bits per heavy atom. The third-order valence-electron chi connectivity index (χ3n) is 6.14. The van der Waals surface area contributed by atoms with Gasteiger partial charge in [0.1, 0.15) is 17.8 Å². The van der Waals surface area contributed by atoms with Gasteiger partial charge in [0, 0.05) is 17.7 Å². The van der Waals surface area contributed by atoms with Crippen LogP contribution in [0.2, 0.25) is 5.02 Å². The van der Waals surface area contributed by atoms with Crippen molar-refractivity contribution in [1.82, 2.24) is 15.8 Å². The summed E-state index contributed by atoms with van der Waals surface area (Å²) in [5.74, 6) is -0.964. The van der Waals surface area contributed by atoms with Gasteiger partial charge in [0.05, 0.1) is 16.7 Å². The lowest BCUT2D eigenvalue weighted by molar-refractivity contribution is -0.137. The van der Waals surface area contributed by atoms with Crippen LogP contribution in [0.15, 0.2) is 35.1 Å². The lowest BCUT2D eigenvalue weighted by atomic mass is 9.60. The third-order valence-corrected chi connectivity index (χ3v) is 6.45. The van der Waals surface area contributed by atoms with Crippen LogP contribution in [0, 0.1) is 5.82 Å². The molecule has 3 aliphatic rings. The molecule has 1 atom stereocenters. The molecular formula is C21H23ClFN3O6. The lowest BCUT2D eigenvalue weighted by Gasteiger charge is -2.56. The fraction of sp³-hybridized carbons (Fsp3) is 0.476. The molecule has 1 aromatic heterocycles. The summed E-state index contributed by atoms with van der Waals surface area (Å²) in [5.41, 5.74) is -1.33. The third kappa shape index (κ3) is 4.81. The van der Waals surface area contributed by atoms with Gasteiger partial charge >= 0.3 is 0 Å². The largest absolute Gasteiger partial charge is 0.484 e. The number of carbonyl (C=O) groups excluding carboxylic acids is 2. The van der Waals surface area contributed by atoms with Gasteiger partial charge in [-0.05, 0) is 49.4 Å². The van der Waals surface area contributed by atoms with Crippen molar-refractivity contribution >= 4 is 23.4 Å². The predicted molar refractivity (Wildman–Crippen MR) is 110 cm³/mol. The van der Waals surface area contributed by atoms with E-state index < -0.39 is 23.0 Å². The number of ether oxygens (including phenoxy) is 2. The normalized spacial score (nSPS) is 26.4. The van der Waals surface area contributed by atoms with Gasteiger partial charge in [-0.2, -0.15) is 0 Å². The van der Waals surface area contributed by atoms with E-state index in [2.05, 4.69) is 20.3 Å². The van der Waals surface area contributed by atoms with Gasteiger partial charge in [-0.25, -0.2) is 4.39 Å². The van der Waals surface area contributed by atoms with Crippen LogP contribution in [0.4, 0.5) is 4.39 Å². The minimum Gasteiger partial charge on any atom is -0.484 e. The molecule has 1 aromatic carbocycles. The summed E-state index contributed by atoms with van der Waals surface area (Å²) in [5, 5.41) is 20.2. The maximum Gasteiger partial charge on any atom is 0.258 e. The first-order valence-corrected chi connectivity index (χ1v) is 10.6. The number of amides is 2. The zero-order valence-electron chi connectivity index (χ0n) is 17.1. The van der Waals surface area contributed by atoms with E-state index >= 15 is 0 Å². The number of aliphatic hydroxyl groups excluding tert-OH is 1. The summed E-state index contributed by atoms with van der Waals surface area (Å²) >= 11 is 5.64. The molecule has 0 unspecified atom stereocenters. The second-order valence-corrected chi connectivity index (χ2v) is 8.65. The van der Waals surface area contributed by atoms with Crippen molar-refractivity contribution in [2.45, 2.75) is 49.3 Å². The maximum atomic E-state index is 13.5. The number of aromatic nitrogens is 1. The minimum atomic E-state index is -0.826. The topological polar surface area (TPSA) is 123 Å². The highest BCUT2D eigenvalue weighted by molar-refractivity contribution is 6.30. The van der Waals surface area contributed by atoms with E-state index in [-0.39, 0.29) is 41.7 Å². The average Bonchev–Trinajstić information content (AvgIpc) is 3.28. The first-order valence-electron chi connectivity index (χ1n) is 10.2. The molecule has 5 rings (SSSR count). The van der Waals surface area contributed by atoms with Crippen molar-refractivity contribution in [2.24, 2.45) is 0 Å². The maximum absolute atomic E-state index is 13.5. The molecule has 2 amide bonds. The summed E-state index contributed by atoms with van der Waals surface area (Å²) in [6.07, 6.45) is 3.02. The van der Waals surface area contributed by atoms with E-state index in [0.717, 1.165) is 6.07 Å². The predicted octanol–water partition coefficient (Wildman–Crippen LogP) is 1.97. The van der Waals surface area contributed by atoms with E-state index in [1.807, 2.05) is 0 Å². The van der Waals surface area contributed by atoms with E-state index in [9.17, 15) is 19.1 Å². The van der Waals surface area contributed by atoms with Gasteiger partial charge in [-0.1, -0.05) is 11.6 Å². The number of hydrogen-bond donors (Lipinski definition) is 3. The van der Waals surface area contributed by atoms with Crippen molar-refractivity contribution in [3.05, 3.63) is 41.4 Å². The number of hydrogen-bond acceptors (Lipinski definition) is 7. The molecule has 11 heteroatoms. The van der Waals surface area contributed by atoms with E-state index in [1.165, 1.54) is 24.5 Å². The Kier molecular flexibility index (Phi) is 6.25. The fourth-order valence-electron chi connectivity index (χ4n) is 4.44. The fourth-order valence-corrected chi connectivity index (χ4v) is 4.56. The van der Waals surface area contributed by atoms with Crippen LogP contribution in [0.25, 0.3) is 0 Å². The highest BCUT2D eigenvalue weighted by Crippen LogP contribution is 2.47. The van der Waals surface area contributed by atoms with E-state index in [1.54, 1.807) is 0 Å². The van der Waals surface area contributed by atoms with Crippen molar-refractivity contribution in [3.8, 4) is 11.6 Å². The van der Waals surface area contributed by atoms with Crippen LogP contribution in [0.3, 0.4) is 0 Å². The molecule has 9 nitrogen and oxygen atoms in total. The first-order chi connectivity index (χ1) is 15.3. The molecule has 0 spiro atoms. The number of fused-ring (bicyclic) bond motifs is 3. The molecule has 3 aliphatic carbocycles. The molecule has 0 radical (unpaired) electrons. The molecule has 0 aliphatic heterocycles. The van der Waals surface area contributed by atoms with Crippen molar-refractivity contribution in [3.63, 3.8) is 0 Å². The summed E-state index contributed by atoms with van der Waals surface area (Å²) in [4.78, 5) is 24.8. The molecule has 2 aromatic rings. The Balaban J connectivity index is 1.28. The van der Waals surface area contributed by atoms with E-state index in [4.69, 9.17) is 21.1 Å². The molecule has 2 bridgehead atoms. The number of aliphatic hydroxyl groups is 1. The Morgan fingerprint density at radius 1 is 1.16 bits per heavy atom. The SMILES string of the molecule is O=C(COc1ccc(Cl)c(F)c1)NC12CCC(NC(=O)COc3ccon3)(CC1)[C@H](O)C2. The Labute approximate surface area is 188 Å². The Bertz CT molecular complexity index is 978. The van der Waals surface area contributed by atoms with E-state index in [0.29, 0.717) is 32.1 Å². The molecule has 0 saturated heterocycles. The second kappa shape index (κ2) is 8.95. The average molecular weight is 468 g/mol. The van der Waals surface area contributed by atoms with Crippen LogP contribution in [-0.4, -0.2) is 52.5 Å². The van der Waals surface area contributed by atoms with Gasteiger partial charge in [0.2, 0.25) is 0 Å². The number of nitrogens with zero attached hydrogens (tertiary/aromatic N) is 1. The van der Waals surface area contributed by atoms with Crippen LogP contribution >= 0.6 is 11.6 Å². The minimum absolute atomic E-state index is 0.0284. The van der Waals surface area contributed by atoms with Crippen LogP contribution in [0.1, 0.15) is 32.1 Å². The quantitative estimate of drug-likeness (QED) is 0.542. The van der Waals surface area contributed by atoms with Gasteiger partial charge in [0.15, 0.2) is 13.2 Å². The molecule has 3 saturated carbocycles. The molecular weight excluding hydrogens is 445 g/mol. The number of halogens is 2. The molecule has 3 N–H and O–H groups in total. The van der Waals surface area contributed by atoms with Crippen LogP contribution < -0.4 is 20.1 Å². The standard InChI is InChI=1S/C21H23ClFN3O6/c22-14-2-1-13(9-15(14)23)30-11-17(28)24-20-4-6-21(7-5-20,16(27)10-20)25-18(29)12-31-19-3-8-32-26-19/h1-3,8-9,16,27H,4-7,10-12H2,(H,24,28)(H,25,29)/t16-,20?,21?/m1/s1. The van der Waals surface area contributed by atoms with Crippen molar-refractivity contribution in [2.75, 3.05) is 13.2 Å². The highest BCUT2D eigenvalue weighted by atomic mass is 35.5. The van der Waals surface area contributed by atoms with Crippen LogP contribution in [0.5, 0.6) is 11.6 Å². The second-order valence-electron chi connectivity index (χ2n) is 8.24. The van der Waals surface area contributed by atoms with Crippen molar-refractivity contribution in [1.29, 1.82) is 0 Å². The summed E-state index contributed by atoms with van der Waals surface area (Å²) in [6.45, 7) is -0.536. The van der Waals surface area contributed by atoms with Crippen molar-refractivity contribution < 1.29 is 33.1 Å². The number of carbonyl (C=O) groups is 2. The smallest absolute Gasteiger partial charge is 0.258 e. The molecule has 172 valence electrons. The number of rotatable bonds is 8. The Hall–Kier alpha value is -2.85. The van der Waals surface area contributed by atoms with Gasteiger partial charge in [0.25, 0.3) is 17.7 Å². The summed E-state index contributed by atoms with van der Waals surface area (Å²) in [7, 11) is 0. The lowest BCUT2D eigenvalue weighted by Crippen LogP contribution is -2.70. The first kappa shape index (κ1) is 22.3. The van der Waals surface area contributed by atoms with Crippen LogP contribution in [-0.2, 0) is 9.59 Å². The van der Waals surface area contributed by atoms with Gasteiger partial charge in [-0.15, -0.1) is 0 Å². The molecule has 1 heterocycles. The number of benzene rings is 1.